The number of quaternary nitrogens is 1. The van der Waals surface area contributed by atoms with Crippen LogP contribution in [-0.2, 0) is 4.84 Å². The van der Waals surface area contributed by atoms with Crippen molar-refractivity contribution in [3.63, 3.8) is 0 Å². The van der Waals surface area contributed by atoms with E-state index in [4.69, 9.17) is 4.84 Å². The fourth-order valence-electron chi connectivity index (χ4n) is 0.718. The predicted molar refractivity (Wildman–Crippen MR) is 40.8 cm³/mol. The van der Waals surface area contributed by atoms with Gasteiger partial charge in [-0.25, -0.2) is 4.84 Å². The number of hydrogen-bond donors (Lipinski definition) is 0. The van der Waals surface area contributed by atoms with Crippen molar-refractivity contribution < 1.29 is 15.0 Å². The highest BCUT2D eigenvalue weighted by Crippen LogP contribution is 2.00. The minimum atomic E-state index is 0. The molecule has 0 aromatic heterocycles. The molecule has 64 valence electrons. The van der Waals surface area contributed by atoms with Crippen molar-refractivity contribution in [2.24, 2.45) is 0 Å². The van der Waals surface area contributed by atoms with Gasteiger partial charge in [0.15, 0.2) is 0 Å². The summed E-state index contributed by atoms with van der Waals surface area (Å²) in [5.74, 6) is 0. The molecule has 3 heteroatoms. The lowest BCUT2D eigenvalue weighted by atomic mass is 10.5. The predicted octanol–water partition coefficient (Wildman–Crippen LogP) is 1.25. The molecular formula is C7H19NO2. The molecule has 0 aliphatic heterocycles. The minimum Gasteiger partial charge on any atom is -0.870 e. The Hall–Kier alpha value is -0.120. The Labute approximate surface area is 63.4 Å². The van der Waals surface area contributed by atoms with E-state index in [1.165, 1.54) is 0 Å². The molecule has 0 unspecified atom stereocenters. The summed E-state index contributed by atoms with van der Waals surface area (Å²) in [5.41, 5.74) is 0. The Bertz CT molecular complexity index is 72.0. The molecule has 3 nitrogen and oxygen atoms in total. The Kier molecular flexibility index (Phi) is 7.09. The van der Waals surface area contributed by atoms with Crippen LogP contribution in [0.3, 0.4) is 0 Å². The third-order valence-electron chi connectivity index (χ3n) is 1.78. The van der Waals surface area contributed by atoms with Gasteiger partial charge < -0.3 is 5.48 Å². The summed E-state index contributed by atoms with van der Waals surface area (Å²) in [6.45, 7) is 9.20. The van der Waals surface area contributed by atoms with E-state index in [-0.39, 0.29) is 5.48 Å². The zero-order valence-corrected chi connectivity index (χ0v) is 7.42. The number of nitrogens with zero attached hydrogens (tertiary/aromatic N) is 1. The molecule has 0 bridgehead atoms. The fraction of sp³-hybridized carbons (Fsp3) is 1.00. The van der Waals surface area contributed by atoms with E-state index in [0.717, 1.165) is 24.3 Å². The average molecular weight is 149 g/mol. The molecule has 0 aliphatic carbocycles. The van der Waals surface area contributed by atoms with E-state index in [9.17, 15) is 0 Å². The number of hydrogen-bond acceptors (Lipinski definition) is 2. The van der Waals surface area contributed by atoms with Crippen molar-refractivity contribution in [2.45, 2.75) is 20.8 Å². The molecule has 0 heterocycles. The average Bonchev–Trinajstić information content (AvgIpc) is 1.89. The fourth-order valence-corrected chi connectivity index (χ4v) is 0.718. The molecule has 0 saturated heterocycles. The molecule has 10 heavy (non-hydrogen) atoms. The largest absolute Gasteiger partial charge is 0.870 e. The number of hydroxylamine groups is 3. The topological polar surface area (TPSA) is 39.2 Å². The van der Waals surface area contributed by atoms with E-state index in [1.54, 1.807) is 0 Å². The second-order valence-corrected chi connectivity index (χ2v) is 2.35. The molecule has 0 aromatic rings. The molecular weight excluding hydrogens is 130 g/mol. The first-order valence-electron chi connectivity index (χ1n) is 3.67. The maximum absolute atomic E-state index is 5.47. The summed E-state index contributed by atoms with van der Waals surface area (Å²) in [7, 11) is 2.10. The first-order chi connectivity index (χ1) is 4.18. The second kappa shape index (κ2) is 5.65. The standard InChI is InChI=1S/C7H18NO.H2O/c1-5-8(4,6-2)9-7-3;/h5-7H2,1-4H3;1H2/q+1;/p-1. The van der Waals surface area contributed by atoms with Gasteiger partial charge in [-0.2, -0.15) is 4.65 Å². The number of rotatable bonds is 4. The van der Waals surface area contributed by atoms with Crippen molar-refractivity contribution in [3.8, 4) is 0 Å². The van der Waals surface area contributed by atoms with E-state index in [1.807, 2.05) is 6.92 Å². The SMILES string of the molecule is CCO[N+](C)(CC)CC.[OH-]. The summed E-state index contributed by atoms with van der Waals surface area (Å²) < 4.78 is 0.733. The van der Waals surface area contributed by atoms with Crippen molar-refractivity contribution in [3.05, 3.63) is 0 Å². The van der Waals surface area contributed by atoms with Crippen molar-refractivity contribution in [2.75, 3.05) is 26.7 Å². The van der Waals surface area contributed by atoms with Gasteiger partial charge in [-0.1, -0.05) is 0 Å². The van der Waals surface area contributed by atoms with E-state index >= 15 is 0 Å². The van der Waals surface area contributed by atoms with Gasteiger partial charge in [-0.3, -0.25) is 0 Å². The lowest BCUT2D eigenvalue weighted by Gasteiger charge is -2.28. The van der Waals surface area contributed by atoms with Crippen LogP contribution in [-0.4, -0.2) is 36.9 Å². The van der Waals surface area contributed by atoms with Crippen molar-refractivity contribution >= 4 is 0 Å². The van der Waals surface area contributed by atoms with Crippen molar-refractivity contribution in [1.29, 1.82) is 0 Å². The maximum atomic E-state index is 5.47. The highest BCUT2D eigenvalue weighted by Gasteiger charge is 2.15. The zero-order chi connectivity index (χ0) is 7.33. The molecule has 0 fully saturated rings. The van der Waals surface area contributed by atoms with Crippen LogP contribution in [0.1, 0.15) is 20.8 Å². The molecule has 0 rings (SSSR count). The summed E-state index contributed by atoms with van der Waals surface area (Å²) in [6.07, 6.45) is 0. The molecule has 1 N–H and O–H groups in total. The van der Waals surface area contributed by atoms with Gasteiger partial charge in [-0.15, -0.1) is 0 Å². The third-order valence-corrected chi connectivity index (χ3v) is 1.78. The molecule has 0 atom stereocenters. The van der Waals surface area contributed by atoms with Crippen LogP contribution in [0.5, 0.6) is 0 Å². The van der Waals surface area contributed by atoms with Crippen LogP contribution in [0.4, 0.5) is 0 Å². The zero-order valence-electron chi connectivity index (χ0n) is 7.42. The monoisotopic (exact) mass is 149 g/mol. The smallest absolute Gasteiger partial charge is 0.106 e. The summed E-state index contributed by atoms with van der Waals surface area (Å²) >= 11 is 0. The van der Waals surface area contributed by atoms with Gasteiger partial charge in [0.1, 0.15) is 19.7 Å². The van der Waals surface area contributed by atoms with Crippen LogP contribution in [0.2, 0.25) is 0 Å². The summed E-state index contributed by atoms with van der Waals surface area (Å²) in [6, 6.07) is 0. The van der Waals surface area contributed by atoms with Crippen LogP contribution >= 0.6 is 0 Å². The van der Waals surface area contributed by atoms with E-state index in [2.05, 4.69) is 20.9 Å². The van der Waals surface area contributed by atoms with Crippen molar-refractivity contribution in [1.82, 2.24) is 0 Å². The molecule has 0 aliphatic rings. The Balaban J connectivity index is 0. The van der Waals surface area contributed by atoms with Gasteiger partial charge in [0.05, 0.1) is 7.05 Å². The van der Waals surface area contributed by atoms with Gasteiger partial charge in [0, 0.05) is 0 Å². The quantitative estimate of drug-likeness (QED) is 0.445. The van der Waals surface area contributed by atoms with Crippen LogP contribution in [0.15, 0.2) is 0 Å². The van der Waals surface area contributed by atoms with Gasteiger partial charge in [0.25, 0.3) is 0 Å². The van der Waals surface area contributed by atoms with Crippen LogP contribution in [0, 0.1) is 0 Å². The first kappa shape index (κ1) is 12.5. The molecule has 0 spiro atoms. The second-order valence-electron chi connectivity index (χ2n) is 2.35. The Morgan fingerprint density at radius 2 is 1.50 bits per heavy atom. The Morgan fingerprint density at radius 3 is 1.60 bits per heavy atom. The van der Waals surface area contributed by atoms with E-state index < -0.39 is 0 Å². The van der Waals surface area contributed by atoms with E-state index in [0.29, 0.717) is 0 Å². The normalized spacial score (nSPS) is 10.8. The maximum Gasteiger partial charge on any atom is 0.106 e. The lowest BCUT2D eigenvalue weighted by Crippen LogP contribution is -2.43. The lowest BCUT2D eigenvalue weighted by molar-refractivity contribution is -1.09. The summed E-state index contributed by atoms with van der Waals surface area (Å²) in [5, 5.41) is 0. The van der Waals surface area contributed by atoms with Crippen LogP contribution in [0.25, 0.3) is 0 Å². The van der Waals surface area contributed by atoms with Crippen LogP contribution < -0.4 is 0 Å². The third kappa shape index (κ3) is 3.82. The molecule has 0 saturated carbocycles. The van der Waals surface area contributed by atoms with Gasteiger partial charge >= 0.3 is 0 Å². The first-order valence-corrected chi connectivity index (χ1v) is 3.67. The van der Waals surface area contributed by atoms with Gasteiger partial charge in [-0.05, 0) is 20.8 Å². The minimum absolute atomic E-state index is 0. The molecule has 0 radical (unpaired) electrons. The molecule has 0 amide bonds. The van der Waals surface area contributed by atoms with Gasteiger partial charge in [0.2, 0.25) is 0 Å². The highest BCUT2D eigenvalue weighted by atomic mass is 16.7. The highest BCUT2D eigenvalue weighted by molar-refractivity contribution is 4.14. The molecule has 0 aromatic carbocycles. The summed E-state index contributed by atoms with van der Waals surface area (Å²) in [4.78, 5) is 5.47. The Morgan fingerprint density at radius 1 is 1.10 bits per heavy atom.